The first-order chi connectivity index (χ1) is 11.4. The van der Waals surface area contributed by atoms with Crippen LogP contribution in [0.4, 0.5) is 19.0 Å². The maximum Gasteiger partial charge on any atom is 0.389 e. The number of nitrogens with zero attached hydrogens (tertiary/aromatic N) is 1. The SMILES string of the molecule is COC[C@@H](O)CNc1noc2cc(OCCCC(F)(F)F)ccc12. The van der Waals surface area contributed by atoms with Crippen LogP contribution in [-0.2, 0) is 4.74 Å². The molecule has 9 heteroatoms. The number of fused-ring (bicyclic) bond motifs is 1. The third-order valence-corrected chi connectivity index (χ3v) is 3.18. The van der Waals surface area contributed by atoms with Gasteiger partial charge in [0.15, 0.2) is 11.4 Å². The van der Waals surface area contributed by atoms with Crippen LogP contribution in [-0.4, -0.2) is 49.4 Å². The molecule has 134 valence electrons. The average molecular weight is 348 g/mol. The summed E-state index contributed by atoms with van der Waals surface area (Å²) in [7, 11) is 1.49. The van der Waals surface area contributed by atoms with E-state index in [1.54, 1.807) is 18.2 Å². The van der Waals surface area contributed by atoms with E-state index >= 15 is 0 Å². The molecule has 0 radical (unpaired) electrons. The fourth-order valence-electron chi connectivity index (χ4n) is 2.06. The lowest BCUT2D eigenvalue weighted by Gasteiger charge is -2.10. The number of aromatic nitrogens is 1. The number of nitrogens with one attached hydrogen (secondary N) is 1. The van der Waals surface area contributed by atoms with Gasteiger partial charge in [-0.05, 0) is 18.6 Å². The third-order valence-electron chi connectivity index (χ3n) is 3.18. The molecule has 2 aromatic rings. The summed E-state index contributed by atoms with van der Waals surface area (Å²) in [5.41, 5.74) is 0.437. The Kier molecular flexibility index (Phi) is 6.27. The van der Waals surface area contributed by atoms with E-state index in [9.17, 15) is 18.3 Å². The summed E-state index contributed by atoms with van der Waals surface area (Å²) < 4.78 is 51.4. The first-order valence-corrected chi connectivity index (χ1v) is 7.39. The molecule has 0 bridgehead atoms. The van der Waals surface area contributed by atoms with Crippen LogP contribution in [0.3, 0.4) is 0 Å². The highest BCUT2D eigenvalue weighted by Gasteiger charge is 2.26. The minimum absolute atomic E-state index is 0.0343. The van der Waals surface area contributed by atoms with Crippen molar-refractivity contribution < 1.29 is 32.3 Å². The van der Waals surface area contributed by atoms with Crippen molar-refractivity contribution in [3.63, 3.8) is 0 Å². The summed E-state index contributed by atoms with van der Waals surface area (Å²) in [5, 5.41) is 17.1. The molecule has 1 heterocycles. The quantitative estimate of drug-likeness (QED) is 0.679. The van der Waals surface area contributed by atoms with E-state index in [0.29, 0.717) is 22.5 Å². The van der Waals surface area contributed by atoms with Crippen molar-refractivity contribution >= 4 is 16.8 Å². The molecule has 2 rings (SSSR count). The normalized spacial score (nSPS) is 13.2. The summed E-state index contributed by atoms with van der Waals surface area (Å²) in [6.07, 6.45) is -5.85. The van der Waals surface area contributed by atoms with Gasteiger partial charge in [0, 0.05) is 26.1 Å². The second kappa shape index (κ2) is 8.20. The van der Waals surface area contributed by atoms with E-state index in [0.717, 1.165) is 0 Å². The maximum absolute atomic E-state index is 12.1. The fraction of sp³-hybridized carbons (Fsp3) is 0.533. The van der Waals surface area contributed by atoms with Crippen molar-refractivity contribution in [2.45, 2.75) is 25.1 Å². The summed E-state index contributed by atoms with van der Waals surface area (Å²) in [6.45, 7) is 0.400. The molecular weight excluding hydrogens is 329 g/mol. The van der Waals surface area contributed by atoms with Gasteiger partial charge in [-0.3, -0.25) is 0 Å². The van der Waals surface area contributed by atoms with Crippen LogP contribution in [0.5, 0.6) is 5.75 Å². The van der Waals surface area contributed by atoms with Crippen molar-refractivity contribution in [1.82, 2.24) is 5.16 Å². The molecule has 0 fully saturated rings. The first-order valence-electron chi connectivity index (χ1n) is 7.39. The largest absolute Gasteiger partial charge is 0.493 e. The second-order valence-corrected chi connectivity index (χ2v) is 5.25. The summed E-state index contributed by atoms with van der Waals surface area (Å²) >= 11 is 0. The highest BCUT2D eigenvalue weighted by Crippen LogP contribution is 2.27. The van der Waals surface area contributed by atoms with Gasteiger partial charge in [-0.2, -0.15) is 13.2 Å². The first kappa shape index (κ1) is 18.3. The molecular formula is C15H19F3N2O4. The van der Waals surface area contributed by atoms with Crippen LogP contribution >= 0.6 is 0 Å². The molecule has 0 unspecified atom stereocenters. The monoisotopic (exact) mass is 348 g/mol. The Hall–Kier alpha value is -2.00. The molecule has 0 aliphatic rings. The lowest BCUT2D eigenvalue weighted by Crippen LogP contribution is -2.24. The molecule has 1 atom stereocenters. The predicted octanol–water partition coefficient (Wildman–Crippen LogP) is 2.97. The van der Waals surface area contributed by atoms with E-state index in [2.05, 4.69) is 10.5 Å². The van der Waals surface area contributed by atoms with E-state index in [-0.39, 0.29) is 26.2 Å². The minimum Gasteiger partial charge on any atom is -0.493 e. The number of anilines is 1. The van der Waals surface area contributed by atoms with Crippen LogP contribution in [0.1, 0.15) is 12.8 Å². The highest BCUT2D eigenvalue weighted by atomic mass is 19.4. The van der Waals surface area contributed by atoms with Crippen molar-refractivity contribution in [2.75, 3.05) is 32.2 Å². The van der Waals surface area contributed by atoms with Gasteiger partial charge in [0.25, 0.3) is 0 Å². The molecule has 1 aromatic carbocycles. The Balaban J connectivity index is 1.90. The molecule has 0 saturated carbocycles. The van der Waals surface area contributed by atoms with Crippen LogP contribution in [0.25, 0.3) is 11.0 Å². The third kappa shape index (κ3) is 5.57. The molecule has 0 aliphatic carbocycles. The van der Waals surface area contributed by atoms with Crippen LogP contribution in [0.2, 0.25) is 0 Å². The molecule has 2 N–H and O–H groups in total. The molecule has 0 spiro atoms. The zero-order valence-electron chi connectivity index (χ0n) is 13.1. The topological polar surface area (TPSA) is 76.8 Å². The number of hydrogen-bond donors (Lipinski definition) is 2. The second-order valence-electron chi connectivity index (χ2n) is 5.25. The maximum atomic E-state index is 12.1. The van der Waals surface area contributed by atoms with Crippen molar-refractivity contribution in [3.8, 4) is 5.75 Å². The number of alkyl halides is 3. The smallest absolute Gasteiger partial charge is 0.389 e. The van der Waals surface area contributed by atoms with E-state index < -0.39 is 18.7 Å². The summed E-state index contributed by atoms with van der Waals surface area (Å²) in [5.74, 6) is 0.871. The van der Waals surface area contributed by atoms with Crippen molar-refractivity contribution in [2.24, 2.45) is 0 Å². The number of benzene rings is 1. The van der Waals surface area contributed by atoms with Crippen LogP contribution in [0, 0.1) is 0 Å². The van der Waals surface area contributed by atoms with Gasteiger partial charge in [-0.1, -0.05) is 5.16 Å². The molecule has 0 aliphatic heterocycles. The van der Waals surface area contributed by atoms with E-state index in [4.69, 9.17) is 14.0 Å². The molecule has 0 saturated heterocycles. The Labute approximate surface area is 136 Å². The standard InChI is InChI=1S/C15H19F3N2O4/c1-22-9-10(21)8-19-14-12-4-3-11(7-13(12)24-20-14)23-6-2-5-15(16,17)18/h3-4,7,10,21H,2,5-6,8-9H2,1H3,(H,19,20)/t10-/m0/s1. The minimum atomic E-state index is -4.17. The summed E-state index contributed by atoms with van der Waals surface area (Å²) in [6, 6.07) is 4.88. The fourth-order valence-corrected chi connectivity index (χ4v) is 2.06. The zero-order chi connectivity index (χ0) is 17.6. The van der Waals surface area contributed by atoms with Gasteiger partial charge in [0.1, 0.15) is 5.75 Å². The lowest BCUT2D eigenvalue weighted by molar-refractivity contribution is -0.136. The Morgan fingerprint density at radius 1 is 1.38 bits per heavy atom. The number of aliphatic hydroxyl groups excluding tert-OH is 1. The average Bonchev–Trinajstić information content (AvgIpc) is 2.91. The highest BCUT2D eigenvalue weighted by molar-refractivity contribution is 5.88. The number of hydrogen-bond acceptors (Lipinski definition) is 6. The predicted molar refractivity (Wildman–Crippen MR) is 81.2 cm³/mol. The van der Waals surface area contributed by atoms with Crippen LogP contribution in [0.15, 0.2) is 22.7 Å². The van der Waals surface area contributed by atoms with Gasteiger partial charge in [-0.25, -0.2) is 0 Å². The van der Waals surface area contributed by atoms with Gasteiger partial charge < -0.3 is 24.4 Å². The van der Waals surface area contributed by atoms with E-state index in [1.165, 1.54) is 7.11 Å². The number of ether oxygens (including phenoxy) is 2. The molecule has 6 nitrogen and oxygen atoms in total. The van der Waals surface area contributed by atoms with Gasteiger partial charge in [-0.15, -0.1) is 0 Å². The number of rotatable bonds is 9. The zero-order valence-corrected chi connectivity index (χ0v) is 13.1. The number of aliphatic hydroxyl groups is 1. The number of methoxy groups -OCH3 is 1. The van der Waals surface area contributed by atoms with Crippen LogP contribution < -0.4 is 10.1 Å². The van der Waals surface area contributed by atoms with Gasteiger partial charge in [0.05, 0.1) is 24.7 Å². The Morgan fingerprint density at radius 2 is 2.17 bits per heavy atom. The molecule has 1 aromatic heterocycles. The van der Waals surface area contributed by atoms with Gasteiger partial charge >= 0.3 is 6.18 Å². The lowest BCUT2D eigenvalue weighted by atomic mass is 10.2. The Bertz CT molecular complexity index is 645. The van der Waals surface area contributed by atoms with Gasteiger partial charge in [0.2, 0.25) is 0 Å². The van der Waals surface area contributed by atoms with Crippen molar-refractivity contribution in [1.29, 1.82) is 0 Å². The molecule has 0 amide bonds. The number of halogens is 3. The summed E-state index contributed by atoms with van der Waals surface area (Å²) in [4.78, 5) is 0. The molecule has 24 heavy (non-hydrogen) atoms. The Morgan fingerprint density at radius 3 is 2.88 bits per heavy atom. The van der Waals surface area contributed by atoms with Crippen molar-refractivity contribution in [3.05, 3.63) is 18.2 Å². The van der Waals surface area contributed by atoms with E-state index in [1.807, 2.05) is 0 Å².